The quantitative estimate of drug-likeness (QED) is 0.480. The highest BCUT2D eigenvalue weighted by atomic mass is 16.7. The van der Waals surface area contributed by atoms with Crippen LogP contribution in [0.1, 0.15) is 13.8 Å². The lowest BCUT2D eigenvalue weighted by Crippen LogP contribution is -2.13. The minimum atomic E-state index is -0.630. The van der Waals surface area contributed by atoms with Crippen molar-refractivity contribution in [1.82, 2.24) is 0 Å². The number of hydrogen-bond donors (Lipinski definition) is 0. The Morgan fingerprint density at radius 1 is 1.22 bits per heavy atom. The minimum Gasteiger partial charge on any atom is -0.340 e. The molecule has 1 aliphatic heterocycles. The minimum absolute atomic E-state index is 0.0419. The maximum Gasteiger partial charge on any atom is 0.215 e. The third-order valence-corrected chi connectivity index (χ3v) is 1.47. The van der Waals surface area contributed by atoms with Crippen LogP contribution in [0.4, 0.5) is 0 Å². The molecule has 0 amide bonds. The Morgan fingerprint density at radius 3 is 1.89 bits per heavy atom. The summed E-state index contributed by atoms with van der Waals surface area (Å²) in [5.74, 6) is 0. The zero-order valence-corrected chi connectivity index (χ0v) is 5.53. The highest BCUT2D eigenvalue weighted by molar-refractivity contribution is 5.54. The van der Waals surface area contributed by atoms with Crippen LogP contribution in [0.2, 0.25) is 0 Å². The van der Waals surface area contributed by atoms with Gasteiger partial charge in [0.05, 0.1) is 12.2 Å². The first-order chi connectivity index (χ1) is 4.24. The highest BCUT2D eigenvalue weighted by Gasteiger charge is 2.28. The van der Waals surface area contributed by atoms with Crippen LogP contribution in [-0.4, -0.2) is 24.8 Å². The van der Waals surface area contributed by atoms with E-state index in [2.05, 4.69) is 0 Å². The summed E-state index contributed by atoms with van der Waals surface area (Å²) in [6, 6.07) is 0. The van der Waals surface area contributed by atoms with Crippen molar-refractivity contribution >= 4 is 6.29 Å². The van der Waals surface area contributed by atoms with E-state index in [4.69, 9.17) is 9.47 Å². The molecule has 1 rings (SSSR count). The van der Waals surface area contributed by atoms with Gasteiger partial charge in [0.25, 0.3) is 0 Å². The molecule has 1 aliphatic rings. The van der Waals surface area contributed by atoms with E-state index in [1.807, 2.05) is 13.8 Å². The molecule has 0 aliphatic carbocycles. The first kappa shape index (κ1) is 6.71. The first-order valence-electron chi connectivity index (χ1n) is 3.00. The molecule has 0 bridgehead atoms. The lowest BCUT2D eigenvalue weighted by molar-refractivity contribution is -0.133. The molecule has 3 nitrogen and oxygen atoms in total. The maximum atomic E-state index is 10.0. The Morgan fingerprint density at radius 2 is 1.67 bits per heavy atom. The molecule has 2 unspecified atom stereocenters. The van der Waals surface area contributed by atoms with Gasteiger partial charge in [-0.3, -0.25) is 4.79 Å². The second kappa shape index (κ2) is 2.45. The highest BCUT2D eigenvalue weighted by Crippen LogP contribution is 2.15. The van der Waals surface area contributed by atoms with Crippen molar-refractivity contribution in [1.29, 1.82) is 0 Å². The van der Waals surface area contributed by atoms with Gasteiger partial charge in [-0.15, -0.1) is 0 Å². The molecule has 9 heavy (non-hydrogen) atoms. The number of carbonyl (C=O) groups is 1. The molecule has 0 aromatic carbocycles. The van der Waals surface area contributed by atoms with Crippen molar-refractivity contribution < 1.29 is 14.3 Å². The third-order valence-electron chi connectivity index (χ3n) is 1.47. The molecule has 0 spiro atoms. The summed E-state index contributed by atoms with van der Waals surface area (Å²) in [6.07, 6.45) is 0.121. The number of aldehydes is 1. The molecule has 2 atom stereocenters. The SMILES string of the molecule is CC1OC(C=O)OC1C. The topological polar surface area (TPSA) is 35.5 Å². The van der Waals surface area contributed by atoms with Gasteiger partial charge in [0, 0.05) is 0 Å². The van der Waals surface area contributed by atoms with Crippen molar-refractivity contribution in [2.24, 2.45) is 0 Å². The molecule has 0 N–H and O–H groups in total. The third kappa shape index (κ3) is 1.28. The molecule has 1 heterocycles. The molecular weight excluding hydrogens is 120 g/mol. The lowest BCUT2D eigenvalue weighted by atomic mass is 10.3. The van der Waals surface area contributed by atoms with E-state index in [-0.39, 0.29) is 12.2 Å². The number of ether oxygens (including phenoxy) is 2. The smallest absolute Gasteiger partial charge is 0.215 e. The lowest BCUT2D eigenvalue weighted by Gasteiger charge is -2.02. The Bertz CT molecular complexity index is 103. The number of rotatable bonds is 1. The molecule has 0 radical (unpaired) electrons. The second-order valence-electron chi connectivity index (χ2n) is 2.19. The largest absolute Gasteiger partial charge is 0.340 e. The fourth-order valence-electron chi connectivity index (χ4n) is 0.741. The molecule has 3 heteroatoms. The van der Waals surface area contributed by atoms with Crippen molar-refractivity contribution in [2.45, 2.75) is 32.3 Å². The van der Waals surface area contributed by atoms with Gasteiger partial charge < -0.3 is 9.47 Å². The van der Waals surface area contributed by atoms with Crippen LogP contribution in [0.25, 0.3) is 0 Å². The summed E-state index contributed by atoms with van der Waals surface area (Å²) < 4.78 is 10.1. The van der Waals surface area contributed by atoms with E-state index in [1.165, 1.54) is 0 Å². The summed E-state index contributed by atoms with van der Waals surface area (Å²) in [7, 11) is 0. The number of hydrogen-bond acceptors (Lipinski definition) is 3. The summed E-state index contributed by atoms with van der Waals surface area (Å²) in [5.41, 5.74) is 0. The van der Waals surface area contributed by atoms with Crippen LogP contribution in [0.5, 0.6) is 0 Å². The van der Waals surface area contributed by atoms with Crippen molar-refractivity contribution in [3.05, 3.63) is 0 Å². The number of carbonyl (C=O) groups excluding carboxylic acids is 1. The molecule has 1 saturated heterocycles. The average Bonchev–Trinajstić information content (AvgIpc) is 2.13. The Balaban J connectivity index is 2.43. The van der Waals surface area contributed by atoms with Crippen LogP contribution >= 0.6 is 0 Å². The van der Waals surface area contributed by atoms with Crippen LogP contribution in [0, 0.1) is 0 Å². The standard InChI is InChI=1S/C6H10O3/c1-4-5(2)9-6(3-7)8-4/h3-6H,1-2H3. The molecule has 0 saturated carbocycles. The zero-order chi connectivity index (χ0) is 6.85. The fourth-order valence-corrected chi connectivity index (χ4v) is 0.741. The summed E-state index contributed by atoms with van der Waals surface area (Å²) in [6.45, 7) is 3.77. The van der Waals surface area contributed by atoms with Crippen LogP contribution in [0.15, 0.2) is 0 Å². The van der Waals surface area contributed by atoms with Crippen molar-refractivity contribution in [2.75, 3.05) is 0 Å². The van der Waals surface area contributed by atoms with E-state index < -0.39 is 6.29 Å². The monoisotopic (exact) mass is 130 g/mol. The van der Waals surface area contributed by atoms with Crippen LogP contribution in [-0.2, 0) is 14.3 Å². The average molecular weight is 130 g/mol. The van der Waals surface area contributed by atoms with E-state index in [9.17, 15) is 4.79 Å². The second-order valence-corrected chi connectivity index (χ2v) is 2.19. The van der Waals surface area contributed by atoms with Gasteiger partial charge in [0.1, 0.15) is 0 Å². The first-order valence-corrected chi connectivity index (χ1v) is 3.00. The van der Waals surface area contributed by atoms with Gasteiger partial charge in [-0.05, 0) is 13.8 Å². The van der Waals surface area contributed by atoms with Crippen LogP contribution < -0.4 is 0 Å². The van der Waals surface area contributed by atoms with Gasteiger partial charge in [0.15, 0.2) is 6.29 Å². The van der Waals surface area contributed by atoms with E-state index in [0.29, 0.717) is 6.29 Å². The molecule has 52 valence electrons. The predicted octanol–water partition coefficient (Wildman–Crippen LogP) is 0.335. The van der Waals surface area contributed by atoms with E-state index in [1.54, 1.807) is 0 Å². The van der Waals surface area contributed by atoms with Gasteiger partial charge in [-0.2, -0.15) is 0 Å². The molecular formula is C6H10O3. The summed E-state index contributed by atoms with van der Waals surface area (Å²) >= 11 is 0. The van der Waals surface area contributed by atoms with Crippen molar-refractivity contribution in [3.8, 4) is 0 Å². The molecule has 0 aromatic rings. The van der Waals surface area contributed by atoms with Gasteiger partial charge in [-0.1, -0.05) is 0 Å². The summed E-state index contributed by atoms with van der Waals surface area (Å²) in [4.78, 5) is 10.0. The summed E-state index contributed by atoms with van der Waals surface area (Å²) in [5, 5.41) is 0. The Kier molecular flexibility index (Phi) is 1.83. The molecule has 0 aromatic heterocycles. The predicted molar refractivity (Wildman–Crippen MR) is 30.9 cm³/mol. The van der Waals surface area contributed by atoms with E-state index in [0.717, 1.165) is 0 Å². The van der Waals surface area contributed by atoms with Gasteiger partial charge in [-0.25, -0.2) is 0 Å². The Hall–Kier alpha value is -0.410. The maximum absolute atomic E-state index is 10.0. The van der Waals surface area contributed by atoms with Crippen LogP contribution in [0.3, 0.4) is 0 Å². The normalized spacial score (nSPS) is 43.1. The Labute approximate surface area is 53.9 Å². The molecule has 1 fully saturated rings. The van der Waals surface area contributed by atoms with Crippen molar-refractivity contribution in [3.63, 3.8) is 0 Å². The zero-order valence-electron chi connectivity index (χ0n) is 5.53. The fraction of sp³-hybridized carbons (Fsp3) is 0.833. The van der Waals surface area contributed by atoms with E-state index >= 15 is 0 Å². The van der Waals surface area contributed by atoms with Gasteiger partial charge in [0.2, 0.25) is 6.29 Å². The van der Waals surface area contributed by atoms with Gasteiger partial charge >= 0.3 is 0 Å².